The molecule has 2 N–H and O–H groups in total. The highest BCUT2D eigenvalue weighted by molar-refractivity contribution is 6.03. The molecular formula is C19H19N3O4. The summed E-state index contributed by atoms with van der Waals surface area (Å²) >= 11 is 0. The molecule has 0 saturated heterocycles. The molecule has 0 aromatic heterocycles. The minimum Gasteiger partial charge on any atom is -0.497 e. The molecule has 0 aliphatic rings. The van der Waals surface area contributed by atoms with E-state index < -0.39 is 11.8 Å². The minimum absolute atomic E-state index is 0.287. The van der Waals surface area contributed by atoms with Crippen LogP contribution in [0.5, 0.6) is 11.5 Å². The maximum atomic E-state index is 11.8. The number of anilines is 1. The predicted octanol–water partition coefficient (Wildman–Crippen LogP) is 2.09. The molecule has 0 heterocycles. The van der Waals surface area contributed by atoms with E-state index in [0.717, 1.165) is 5.75 Å². The lowest BCUT2D eigenvalue weighted by atomic mass is 10.2. The minimum atomic E-state index is -0.428. The van der Waals surface area contributed by atoms with Crippen molar-refractivity contribution >= 4 is 17.5 Å². The van der Waals surface area contributed by atoms with E-state index in [-0.39, 0.29) is 19.6 Å². The summed E-state index contributed by atoms with van der Waals surface area (Å²) in [5, 5.41) is 13.9. The van der Waals surface area contributed by atoms with Crippen molar-refractivity contribution in [3.63, 3.8) is 0 Å². The molecule has 2 amide bonds. The monoisotopic (exact) mass is 353 g/mol. The third kappa shape index (κ3) is 6.17. The van der Waals surface area contributed by atoms with Gasteiger partial charge in [-0.15, -0.1) is 0 Å². The van der Waals surface area contributed by atoms with Gasteiger partial charge in [-0.1, -0.05) is 0 Å². The van der Waals surface area contributed by atoms with Gasteiger partial charge in [0.25, 0.3) is 0 Å². The highest BCUT2D eigenvalue weighted by Gasteiger charge is 2.09. The van der Waals surface area contributed by atoms with Gasteiger partial charge in [-0.3, -0.25) is 9.59 Å². The summed E-state index contributed by atoms with van der Waals surface area (Å²) < 4.78 is 10.5. The summed E-state index contributed by atoms with van der Waals surface area (Å²) in [6.07, 6.45) is -0.289. The van der Waals surface area contributed by atoms with Gasteiger partial charge < -0.3 is 20.1 Å². The lowest BCUT2D eigenvalue weighted by molar-refractivity contribution is -0.126. The fraction of sp³-hybridized carbons (Fsp3) is 0.211. The van der Waals surface area contributed by atoms with Gasteiger partial charge in [0.2, 0.25) is 11.8 Å². The Morgan fingerprint density at radius 1 is 1.00 bits per heavy atom. The van der Waals surface area contributed by atoms with Crippen LogP contribution in [0.25, 0.3) is 0 Å². The van der Waals surface area contributed by atoms with Crippen LogP contribution in [0.3, 0.4) is 0 Å². The zero-order chi connectivity index (χ0) is 18.8. The molecule has 7 heteroatoms. The Kier molecular flexibility index (Phi) is 7.01. The quantitative estimate of drug-likeness (QED) is 0.559. The number of nitriles is 1. The van der Waals surface area contributed by atoms with Crippen LogP contribution in [0.4, 0.5) is 5.69 Å². The van der Waals surface area contributed by atoms with Crippen molar-refractivity contribution in [3.8, 4) is 17.6 Å². The number of hydrogen-bond donors (Lipinski definition) is 2. The standard InChI is InChI=1S/C19H19N3O4/c1-25-16-6-8-17(9-7-16)26-11-10-21-18(23)12-19(24)22-15-4-2-14(13-20)3-5-15/h2-9H,10-12H2,1H3,(H,21,23)(H,22,24). The first-order chi connectivity index (χ1) is 12.6. The van der Waals surface area contributed by atoms with Gasteiger partial charge in [0.05, 0.1) is 25.3 Å². The molecule has 2 aromatic carbocycles. The van der Waals surface area contributed by atoms with Crippen LogP contribution in [0.2, 0.25) is 0 Å². The fourth-order valence-corrected chi connectivity index (χ4v) is 2.07. The number of benzene rings is 2. The second kappa shape index (κ2) is 9.69. The van der Waals surface area contributed by atoms with Crippen LogP contribution >= 0.6 is 0 Å². The lowest BCUT2D eigenvalue weighted by Crippen LogP contribution is -2.31. The van der Waals surface area contributed by atoms with Crippen molar-refractivity contribution in [2.24, 2.45) is 0 Å². The topological polar surface area (TPSA) is 100 Å². The second-order valence-corrected chi connectivity index (χ2v) is 5.29. The summed E-state index contributed by atoms with van der Waals surface area (Å²) in [4.78, 5) is 23.6. The molecule has 0 atom stereocenters. The van der Waals surface area contributed by atoms with Gasteiger partial charge in [0.15, 0.2) is 0 Å². The Morgan fingerprint density at radius 3 is 2.27 bits per heavy atom. The van der Waals surface area contributed by atoms with Crippen LogP contribution in [-0.2, 0) is 9.59 Å². The molecule has 26 heavy (non-hydrogen) atoms. The average molecular weight is 353 g/mol. The van der Waals surface area contributed by atoms with Gasteiger partial charge >= 0.3 is 0 Å². The second-order valence-electron chi connectivity index (χ2n) is 5.29. The number of nitrogens with one attached hydrogen (secondary N) is 2. The van der Waals surface area contributed by atoms with Crippen molar-refractivity contribution in [2.45, 2.75) is 6.42 Å². The summed E-state index contributed by atoms with van der Waals surface area (Å²) in [5.74, 6) is 0.579. The molecule has 2 rings (SSSR count). The maximum absolute atomic E-state index is 11.8. The van der Waals surface area contributed by atoms with Crippen molar-refractivity contribution in [2.75, 3.05) is 25.6 Å². The van der Waals surface area contributed by atoms with E-state index in [4.69, 9.17) is 14.7 Å². The van der Waals surface area contributed by atoms with Crippen LogP contribution < -0.4 is 20.1 Å². The van der Waals surface area contributed by atoms with Crippen LogP contribution in [-0.4, -0.2) is 32.1 Å². The summed E-state index contributed by atoms with van der Waals surface area (Å²) in [6.45, 7) is 0.574. The van der Waals surface area contributed by atoms with Crippen LogP contribution in [0.1, 0.15) is 12.0 Å². The molecule has 7 nitrogen and oxygen atoms in total. The summed E-state index contributed by atoms with van der Waals surface area (Å²) in [5.41, 5.74) is 1.03. The zero-order valence-electron chi connectivity index (χ0n) is 14.3. The Balaban J connectivity index is 1.65. The van der Waals surface area contributed by atoms with Crippen molar-refractivity contribution in [3.05, 3.63) is 54.1 Å². The number of hydrogen-bond acceptors (Lipinski definition) is 5. The van der Waals surface area contributed by atoms with Gasteiger partial charge in [-0.2, -0.15) is 5.26 Å². The van der Waals surface area contributed by atoms with E-state index in [2.05, 4.69) is 10.6 Å². The Hall–Kier alpha value is -3.53. The number of ether oxygens (including phenoxy) is 2. The van der Waals surface area contributed by atoms with E-state index >= 15 is 0 Å². The molecule has 0 fully saturated rings. The van der Waals surface area contributed by atoms with E-state index in [0.29, 0.717) is 17.0 Å². The van der Waals surface area contributed by atoms with Gasteiger partial charge in [0.1, 0.15) is 24.5 Å². The van der Waals surface area contributed by atoms with Crippen molar-refractivity contribution in [1.82, 2.24) is 5.32 Å². The van der Waals surface area contributed by atoms with E-state index in [1.54, 1.807) is 55.6 Å². The molecule has 0 spiro atoms. The highest BCUT2D eigenvalue weighted by atomic mass is 16.5. The van der Waals surface area contributed by atoms with Crippen LogP contribution in [0.15, 0.2) is 48.5 Å². The molecule has 0 radical (unpaired) electrons. The van der Waals surface area contributed by atoms with Crippen LogP contribution in [0, 0.1) is 11.3 Å². The van der Waals surface area contributed by atoms with Gasteiger partial charge in [-0.05, 0) is 48.5 Å². The summed E-state index contributed by atoms with van der Waals surface area (Å²) in [7, 11) is 1.59. The SMILES string of the molecule is COc1ccc(OCCNC(=O)CC(=O)Nc2ccc(C#N)cc2)cc1. The molecule has 0 bridgehead atoms. The summed E-state index contributed by atoms with van der Waals surface area (Å²) in [6, 6.07) is 15.5. The van der Waals surface area contributed by atoms with Crippen molar-refractivity contribution in [1.29, 1.82) is 5.26 Å². The number of methoxy groups -OCH3 is 1. The third-order valence-electron chi connectivity index (χ3n) is 3.37. The molecule has 2 aromatic rings. The first kappa shape index (κ1) is 18.8. The fourth-order valence-electron chi connectivity index (χ4n) is 2.07. The van der Waals surface area contributed by atoms with Gasteiger partial charge in [-0.25, -0.2) is 0 Å². The van der Waals surface area contributed by atoms with Gasteiger partial charge in [0, 0.05) is 5.69 Å². The lowest BCUT2D eigenvalue weighted by Gasteiger charge is -2.09. The molecule has 0 unspecified atom stereocenters. The number of nitrogens with zero attached hydrogens (tertiary/aromatic N) is 1. The Bertz CT molecular complexity index is 780. The zero-order valence-corrected chi connectivity index (χ0v) is 14.3. The first-order valence-electron chi connectivity index (χ1n) is 7.94. The van der Waals surface area contributed by atoms with Crippen molar-refractivity contribution < 1.29 is 19.1 Å². The Morgan fingerprint density at radius 2 is 1.65 bits per heavy atom. The predicted molar refractivity (Wildman–Crippen MR) is 95.9 cm³/mol. The maximum Gasteiger partial charge on any atom is 0.233 e. The molecule has 0 aliphatic heterocycles. The first-order valence-corrected chi connectivity index (χ1v) is 7.94. The average Bonchev–Trinajstić information content (AvgIpc) is 2.66. The van der Waals surface area contributed by atoms with E-state index in [9.17, 15) is 9.59 Å². The third-order valence-corrected chi connectivity index (χ3v) is 3.37. The number of rotatable bonds is 8. The number of carbonyl (C=O) groups is 2. The molecule has 0 saturated carbocycles. The largest absolute Gasteiger partial charge is 0.497 e. The smallest absolute Gasteiger partial charge is 0.233 e. The van der Waals surface area contributed by atoms with E-state index in [1.807, 2.05) is 6.07 Å². The number of carbonyl (C=O) groups excluding carboxylic acids is 2. The Labute approximate surface area is 151 Å². The number of amides is 2. The molecule has 0 aliphatic carbocycles. The van der Waals surface area contributed by atoms with E-state index in [1.165, 1.54) is 0 Å². The molecule has 134 valence electrons. The molecular weight excluding hydrogens is 334 g/mol. The highest BCUT2D eigenvalue weighted by Crippen LogP contribution is 2.16. The normalized spacial score (nSPS) is 9.69.